The summed E-state index contributed by atoms with van der Waals surface area (Å²) in [6, 6.07) is 0. The molecular weight excluding hydrogens is 180 g/mol. The fourth-order valence-corrected chi connectivity index (χ4v) is 2.86. The van der Waals surface area contributed by atoms with Crippen molar-refractivity contribution in [3.63, 3.8) is 0 Å². The van der Waals surface area contributed by atoms with Crippen LogP contribution in [0.1, 0.15) is 64.2 Å². The number of hydrogen-bond acceptors (Lipinski definition) is 0. The van der Waals surface area contributed by atoms with Crippen LogP contribution >= 0.6 is 0 Å². The van der Waals surface area contributed by atoms with E-state index in [0.717, 1.165) is 5.92 Å². The van der Waals surface area contributed by atoms with E-state index in [9.17, 15) is 0 Å². The van der Waals surface area contributed by atoms with Crippen LogP contribution in [-0.2, 0) is 0 Å². The maximum Gasteiger partial charge on any atom is -0.0234 e. The van der Waals surface area contributed by atoms with Gasteiger partial charge in [0, 0.05) is 0 Å². The Morgan fingerprint density at radius 3 is 2.33 bits per heavy atom. The maximum atomic E-state index is 2.52. The van der Waals surface area contributed by atoms with E-state index in [1.54, 1.807) is 5.57 Å². The molecular formula is C15H24. The van der Waals surface area contributed by atoms with E-state index in [1.165, 1.54) is 64.2 Å². The standard InChI is InChI=1S/C15H24/c1-2-8-14-10-4-6-12-15(9-3-1)13-7-5-11-14/h2,8-9,14H,1,3-7,10-13H2. The maximum absolute atomic E-state index is 2.52. The zero-order valence-corrected chi connectivity index (χ0v) is 9.88. The number of allylic oxidation sites excluding steroid dienone is 4. The van der Waals surface area contributed by atoms with Crippen LogP contribution < -0.4 is 0 Å². The molecule has 0 aromatic carbocycles. The first kappa shape index (κ1) is 11.0. The van der Waals surface area contributed by atoms with Crippen LogP contribution in [0.5, 0.6) is 0 Å². The van der Waals surface area contributed by atoms with Crippen LogP contribution in [-0.4, -0.2) is 0 Å². The second kappa shape index (κ2) is 6.15. The molecule has 0 amide bonds. The largest absolute Gasteiger partial charge is 0.0880 e. The van der Waals surface area contributed by atoms with Crippen LogP contribution in [0.3, 0.4) is 0 Å². The molecule has 0 spiro atoms. The quantitative estimate of drug-likeness (QED) is 0.486. The number of rotatable bonds is 0. The smallest absolute Gasteiger partial charge is 0.0234 e. The van der Waals surface area contributed by atoms with Crippen molar-refractivity contribution in [3.05, 3.63) is 23.8 Å². The van der Waals surface area contributed by atoms with Gasteiger partial charge in [-0.05, 0) is 57.3 Å². The molecule has 0 heterocycles. The Hall–Kier alpha value is -0.520. The van der Waals surface area contributed by atoms with Crippen LogP contribution in [0.4, 0.5) is 0 Å². The molecule has 0 aromatic rings. The minimum Gasteiger partial charge on any atom is -0.0880 e. The third kappa shape index (κ3) is 3.85. The summed E-state index contributed by atoms with van der Waals surface area (Å²) in [7, 11) is 0. The fourth-order valence-electron chi connectivity index (χ4n) is 2.86. The van der Waals surface area contributed by atoms with Gasteiger partial charge >= 0.3 is 0 Å². The molecule has 3 rings (SSSR count). The predicted molar refractivity (Wildman–Crippen MR) is 66.9 cm³/mol. The molecule has 15 heavy (non-hydrogen) atoms. The Kier molecular flexibility index (Phi) is 4.50. The zero-order valence-electron chi connectivity index (χ0n) is 9.88. The molecule has 0 nitrogen and oxygen atoms in total. The van der Waals surface area contributed by atoms with Gasteiger partial charge in [0.05, 0.1) is 0 Å². The average molecular weight is 204 g/mol. The van der Waals surface area contributed by atoms with Crippen molar-refractivity contribution in [1.29, 1.82) is 0 Å². The molecule has 0 N–H and O–H groups in total. The van der Waals surface area contributed by atoms with Crippen molar-refractivity contribution >= 4 is 0 Å². The van der Waals surface area contributed by atoms with Crippen molar-refractivity contribution in [2.24, 2.45) is 5.92 Å². The van der Waals surface area contributed by atoms with E-state index in [2.05, 4.69) is 18.2 Å². The van der Waals surface area contributed by atoms with E-state index >= 15 is 0 Å². The third-order valence-corrected chi connectivity index (χ3v) is 3.82. The molecule has 2 bridgehead atoms. The molecule has 3 aliphatic carbocycles. The summed E-state index contributed by atoms with van der Waals surface area (Å²) in [5.74, 6) is 0.893. The van der Waals surface area contributed by atoms with E-state index in [0.29, 0.717) is 0 Å². The van der Waals surface area contributed by atoms with Gasteiger partial charge in [0.15, 0.2) is 0 Å². The zero-order chi connectivity index (χ0) is 10.3. The number of fused-ring (bicyclic) bond motifs is 9. The van der Waals surface area contributed by atoms with Crippen molar-refractivity contribution in [2.45, 2.75) is 64.2 Å². The Morgan fingerprint density at radius 2 is 1.60 bits per heavy atom. The second-order valence-electron chi connectivity index (χ2n) is 5.12. The van der Waals surface area contributed by atoms with Gasteiger partial charge in [0.25, 0.3) is 0 Å². The molecule has 1 fully saturated rings. The lowest BCUT2D eigenvalue weighted by Crippen LogP contribution is -1.99. The first-order valence-electron chi connectivity index (χ1n) is 6.80. The lowest BCUT2D eigenvalue weighted by molar-refractivity contribution is 0.470. The van der Waals surface area contributed by atoms with Gasteiger partial charge in [-0.2, -0.15) is 0 Å². The van der Waals surface area contributed by atoms with Crippen LogP contribution in [0.15, 0.2) is 23.8 Å². The normalized spacial score (nSPS) is 28.8. The number of hydrogen-bond donors (Lipinski definition) is 0. The van der Waals surface area contributed by atoms with Gasteiger partial charge < -0.3 is 0 Å². The summed E-state index contributed by atoms with van der Waals surface area (Å²) in [4.78, 5) is 0. The molecule has 1 saturated carbocycles. The Labute approximate surface area is 94.5 Å². The van der Waals surface area contributed by atoms with E-state index in [1.807, 2.05) is 0 Å². The van der Waals surface area contributed by atoms with Crippen molar-refractivity contribution < 1.29 is 0 Å². The van der Waals surface area contributed by atoms with Crippen molar-refractivity contribution in [2.75, 3.05) is 0 Å². The Morgan fingerprint density at radius 1 is 0.867 bits per heavy atom. The van der Waals surface area contributed by atoms with Gasteiger partial charge in [-0.3, -0.25) is 0 Å². The molecule has 0 heteroatoms. The highest BCUT2D eigenvalue weighted by atomic mass is 14.1. The third-order valence-electron chi connectivity index (χ3n) is 3.82. The van der Waals surface area contributed by atoms with Gasteiger partial charge in [0.1, 0.15) is 0 Å². The Balaban J connectivity index is 2.07. The van der Waals surface area contributed by atoms with Crippen LogP contribution in [0.25, 0.3) is 0 Å². The monoisotopic (exact) mass is 204 g/mol. The first-order valence-corrected chi connectivity index (χ1v) is 6.80. The molecule has 84 valence electrons. The molecule has 0 unspecified atom stereocenters. The summed E-state index contributed by atoms with van der Waals surface area (Å²) in [6.45, 7) is 0. The molecule has 3 aliphatic rings. The van der Waals surface area contributed by atoms with Gasteiger partial charge in [0.2, 0.25) is 0 Å². The highest BCUT2D eigenvalue weighted by Gasteiger charge is 2.09. The highest BCUT2D eigenvalue weighted by Crippen LogP contribution is 2.26. The summed E-state index contributed by atoms with van der Waals surface area (Å²) in [5, 5.41) is 0. The molecule has 0 aliphatic heterocycles. The summed E-state index contributed by atoms with van der Waals surface area (Å²) in [6.07, 6.45) is 21.4. The molecule has 0 radical (unpaired) electrons. The van der Waals surface area contributed by atoms with Crippen molar-refractivity contribution in [3.8, 4) is 0 Å². The summed E-state index contributed by atoms with van der Waals surface area (Å²) >= 11 is 0. The Bertz CT molecular complexity index is 220. The topological polar surface area (TPSA) is 0 Å². The molecule has 0 aromatic heterocycles. The van der Waals surface area contributed by atoms with Gasteiger partial charge in [-0.25, -0.2) is 0 Å². The van der Waals surface area contributed by atoms with E-state index in [4.69, 9.17) is 0 Å². The van der Waals surface area contributed by atoms with Crippen LogP contribution in [0, 0.1) is 5.92 Å². The minimum absolute atomic E-state index is 0.893. The predicted octanol–water partition coefficient (Wildman–Crippen LogP) is 5.01. The molecule has 0 atom stereocenters. The lowest BCUT2D eigenvalue weighted by atomic mass is 9.91. The van der Waals surface area contributed by atoms with E-state index in [-0.39, 0.29) is 0 Å². The SMILES string of the molecule is C1=CC2CCCCC(=CCC1)CCCC2. The van der Waals surface area contributed by atoms with E-state index < -0.39 is 0 Å². The lowest BCUT2D eigenvalue weighted by Gasteiger charge is -2.15. The molecule has 0 saturated heterocycles. The fraction of sp³-hybridized carbons (Fsp3) is 0.733. The second-order valence-corrected chi connectivity index (χ2v) is 5.12. The van der Waals surface area contributed by atoms with Gasteiger partial charge in [-0.15, -0.1) is 0 Å². The minimum atomic E-state index is 0.893. The highest BCUT2D eigenvalue weighted by molar-refractivity contribution is 5.04. The van der Waals surface area contributed by atoms with Gasteiger partial charge in [-0.1, -0.05) is 36.6 Å². The first-order chi connectivity index (χ1) is 7.45. The summed E-state index contributed by atoms with van der Waals surface area (Å²) in [5.41, 5.74) is 1.75. The van der Waals surface area contributed by atoms with Crippen molar-refractivity contribution in [1.82, 2.24) is 0 Å². The average Bonchev–Trinajstić information content (AvgIpc) is 2.34. The van der Waals surface area contributed by atoms with Crippen LogP contribution in [0.2, 0.25) is 0 Å². The summed E-state index contributed by atoms with van der Waals surface area (Å²) < 4.78 is 0.